The zero-order valence-electron chi connectivity index (χ0n) is 18.2. The van der Waals surface area contributed by atoms with Crippen LogP contribution in [0.2, 0.25) is 0 Å². The molecule has 1 atom stereocenters. The molecule has 0 aliphatic rings. The summed E-state index contributed by atoms with van der Waals surface area (Å²) in [6.45, 7) is 4.25. The topological polar surface area (TPSA) is 31.2 Å². The van der Waals surface area contributed by atoms with Gasteiger partial charge >= 0.3 is 0 Å². The lowest BCUT2D eigenvalue weighted by atomic mass is 9.85. The molecule has 0 spiro atoms. The number of benzene rings is 3. The van der Waals surface area contributed by atoms with Gasteiger partial charge in [0.1, 0.15) is 5.75 Å². The maximum Gasteiger partial charge on any atom is 0.163 e. The zero-order chi connectivity index (χ0) is 21.8. The molecule has 0 N–H and O–H groups in total. The molecule has 0 radical (unpaired) electrons. The number of rotatable bonds is 7. The predicted molar refractivity (Wildman–Crippen MR) is 125 cm³/mol. The lowest BCUT2D eigenvalue weighted by Crippen LogP contribution is -2.10. The molecule has 0 saturated carbocycles. The highest BCUT2D eigenvalue weighted by Gasteiger charge is 2.24. The summed E-state index contributed by atoms with van der Waals surface area (Å²) in [6, 6.07) is 30.2. The van der Waals surface area contributed by atoms with E-state index in [0.717, 1.165) is 34.0 Å². The molecule has 0 bridgehead atoms. The monoisotopic (exact) mass is 409 g/mol. The Morgan fingerprint density at radius 3 is 2.10 bits per heavy atom. The molecule has 4 rings (SSSR count). The molecule has 0 aliphatic heterocycles. The molecule has 4 aromatic rings. The first-order chi connectivity index (χ1) is 15.1. The van der Waals surface area contributed by atoms with Crippen molar-refractivity contribution in [2.24, 2.45) is 0 Å². The second-order valence-electron chi connectivity index (χ2n) is 7.82. The third-order valence-corrected chi connectivity index (χ3v) is 5.86. The number of aromatic nitrogens is 1. The number of hydrogen-bond donors (Lipinski definition) is 0. The van der Waals surface area contributed by atoms with E-state index in [4.69, 9.17) is 4.74 Å². The van der Waals surface area contributed by atoms with Crippen LogP contribution in [0.15, 0.2) is 91.0 Å². The average molecular weight is 410 g/mol. The molecule has 1 aromatic heterocycles. The number of carbonyl (C=O) groups is 1. The van der Waals surface area contributed by atoms with Crippen molar-refractivity contribution in [1.82, 2.24) is 4.57 Å². The molecule has 3 nitrogen and oxygen atoms in total. The van der Waals surface area contributed by atoms with Gasteiger partial charge in [-0.2, -0.15) is 0 Å². The van der Waals surface area contributed by atoms with Gasteiger partial charge < -0.3 is 9.30 Å². The maximum atomic E-state index is 13.1. The second kappa shape index (κ2) is 9.05. The van der Waals surface area contributed by atoms with Crippen LogP contribution in [0.3, 0.4) is 0 Å². The molecule has 156 valence electrons. The summed E-state index contributed by atoms with van der Waals surface area (Å²) >= 11 is 0. The Labute approximate surface area is 183 Å². The van der Waals surface area contributed by atoms with Crippen molar-refractivity contribution < 1.29 is 9.53 Å². The quantitative estimate of drug-likeness (QED) is 0.326. The van der Waals surface area contributed by atoms with Crippen LogP contribution in [-0.2, 0) is 0 Å². The van der Waals surface area contributed by atoms with Crippen LogP contribution >= 0.6 is 0 Å². The summed E-state index contributed by atoms with van der Waals surface area (Å²) in [7, 11) is 1.67. The number of ketones is 1. The van der Waals surface area contributed by atoms with Crippen LogP contribution in [0.5, 0.6) is 5.75 Å². The molecule has 0 saturated heterocycles. The molecule has 0 aliphatic carbocycles. The Bertz CT molecular complexity index is 1160. The highest BCUT2D eigenvalue weighted by Crippen LogP contribution is 2.35. The minimum absolute atomic E-state index is 0.00731. The fraction of sp³-hybridized carbons (Fsp3) is 0.179. The maximum absolute atomic E-state index is 13.1. The Hall–Kier alpha value is -3.59. The summed E-state index contributed by atoms with van der Waals surface area (Å²) < 4.78 is 7.55. The van der Waals surface area contributed by atoms with Gasteiger partial charge in [0.05, 0.1) is 7.11 Å². The molecule has 0 amide bonds. The van der Waals surface area contributed by atoms with Crippen molar-refractivity contribution in [3.63, 3.8) is 0 Å². The van der Waals surface area contributed by atoms with Crippen LogP contribution in [0.25, 0.3) is 5.69 Å². The molecule has 0 fully saturated rings. The summed E-state index contributed by atoms with van der Waals surface area (Å²) in [5.41, 5.74) is 6.48. The van der Waals surface area contributed by atoms with E-state index in [1.165, 1.54) is 5.56 Å². The number of nitrogens with zero attached hydrogens (tertiary/aromatic N) is 1. The fourth-order valence-electron chi connectivity index (χ4n) is 4.29. The van der Waals surface area contributed by atoms with E-state index in [1.54, 1.807) is 7.11 Å². The minimum atomic E-state index is -0.00731. The highest BCUT2D eigenvalue weighted by atomic mass is 16.5. The molecule has 1 heterocycles. The van der Waals surface area contributed by atoms with E-state index in [-0.39, 0.29) is 11.7 Å². The molecule has 3 aromatic carbocycles. The van der Waals surface area contributed by atoms with Gasteiger partial charge in [0.25, 0.3) is 0 Å². The molecule has 3 heteroatoms. The zero-order valence-corrected chi connectivity index (χ0v) is 18.2. The van der Waals surface area contributed by atoms with Gasteiger partial charge in [0.15, 0.2) is 5.78 Å². The van der Waals surface area contributed by atoms with E-state index in [1.807, 2.05) is 60.7 Å². The molecular formula is C28H27NO2. The lowest BCUT2D eigenvalue weighted by molar-refractivity contribution is 0.0977. The normalized spacial score (nSPS) is 11.8. The number of Topliss-reactive ketones (excluding diaryl/α,β-unsaturated/α-hetero) is 1. The van der Waals surface area contributed by atoms with Crippen molar-refractivity contribution in [1.29, 1.82) is 0 Å². The summed E-state index contributed by atoms with van der Waals surface area (Å²) in [6.07, 6.45) is 0.431. The number of aryl methyl sites for hydroxylation is 1. The first kappa shape index (κ1) is 20.7. The number of methoxy groups -OCH3 is 1. The number of carbonyl (C=O) groups excluding carboxylic acids is 1. The first-order valence-corrected chi connectivity index (χ1v) is 10.5. The molecule has 1 unspecified atom stereocenters. The highest BCUT2D eigenvalue weighted by molar-refractivity contribution is 5.96. The smallest absolute Gasteiger partial charge is 0.163 e. The van der Waals surface area contributed by atoms with E-state index in [2.05, 4.69) is 48.7 Å². The van der Waals surface area contributed by atoms with Gasteiger partial charge in [-0.25, -0.2) is 0 Å². The van der Waals surface area contributed by atoms with Crippen molar-refractivity contribution in [3.8, 4) is 11.4 Å². The van der Waals surface area contributed by atoms with E-state index < -0.39 is 0 Å². The Kier molecular flexibility index (Phi) is 6.03. The van der Waals surface area contributed by atoms with Gasteiger partial charge in [-0.05, 0) is 55.3 Å². The van der Waals surface area contributed by atoms with Crippen molar-refractivity contribution >= 4 is 5.78 Å². The van der Waals surface area contributed by atoms with Crippen LogP contribution in [0, 0.1) is 13.8 Å². The Morgan fingerprint density at radius 2 is 1.48 bits per heavy atom. The number of hydrogen-bond acceptors (Lipinski definition) is 2. The fourth-order valence-corrected chi connectivity index (χ4v) is 4.29. The standard InChI is InChI=1S/C28H27NO2/c1-20-18-26(21(2)29(20)24-14-16-25(31-3)17-15-24)27(22-10-6-4-7-11-22)19-28(30)23-12-8-5-9-13-23/h4-18,27H,19H2,1-3H3. The third-order valence-electron chi connectivity index (χ3n) is 5.86. The minimum Gasteiger partial charge on any atom is -0.497 e. The van der Waals surface area contributed by atoms with Crippen molar-refractivity contribution in [2.75, 3.05) is 7.11 Å². The number of ether oxygens (including phenoxy) is 1. The van der Waals surface area contributed by atoms with Crippen molar-refractivity contribution in [2.45, 2.75) is 26.2 Å². The van der Waals surface area contributed by atoms with Crippen molar-refractivity contribution in [3.05, 3.63) is 119 Å². The first-order valence-electron chi connectivity index (χ1n) is 10.5. The van der Waals surface area contributed by atoms with Gasteiger partial charge in [-0.3, -0.25) is 4.79 Å². The SMILES string of the molecule is COc1ccc(-n2c(C)cc(C(CC(=O)c3ccccc3)c3ccccc3)c2C)cc1. The van der Waals surface area contributed by atoms with Crippen LogP contribution in [0.4, 0.5) is 0 Å². The Balaban J connectivity index is 1.76. The predicted octanol–water partition coefficient (Wildman–Crippen LogP) is 6.51. The summed E-state index contributed by atoms with van der Waals surface area (Å²) in [5, 5.41) is 0. The van der Waals surface area contributed by atoms with Gasteiger partial charge in [-0.15, -0.1) is 0 Å². The second-order valence-corrected chi connectivity index (χ2v) is 7.82. The van der Waals surface area contributed by atoms with Crippen LogP contribution in [-0.4, -0.2) is 17.5 Å². The molecular weight excluding hydrogens is 382 g/mol. The summed E-state index contributed by atoms with van der Waals surface area (Å²) in [4.78, 5) is 13.1. The van der Waals surface area contributed by atoms with Crippen LogP contribution < -0.4 is 4.74 Å². The molecule has 31 heavy (non-hydrogen) atoms. The summed E-state index contributed by atoms with van der Waals surface area (Å²) in [5.74, 6) is 0.984. The Morgan fingerprint density at radius 1 is 0.871 bits per heavy atom. The average Bonchev–Trinajstić information content (AvgIpc) is 3.12. The van der Waals surface area contributed by atoms with E-state index in [0.29, 0.717) is 6.42 Å². The largest absolute Gasteiger partial charge is 0.497 e. The van der Waals surface area contributed by atoms with E-state index in [9.17, 15) is 4.79 Å². The van der Waals surface area contributed by atoms with Crippen LogP contribution in [0.1, 0.15) is 45.2 Å². The third kappa shape index (κ3) is 4.31. The van der Waals surface area contributed by atoms with Gasteiger partial charge in [0, 0.05) is 35.0 Å². The van der Waals surface area contributed by atoms with E-state index >= 15 is 0 Å². The lowest BCUT2D eigenvalue weighted by Gasteiger charge is -2.18. The van der Waals surface area contributed by atoms with Gasteiger partial charge in [0.2, 0.25) is 0 Å². The van der Waals surface area contributed by atoms with Gasteiger partial charge in [-0.1, -0.05) is 60.7 Å².